The molecule has 0 radical (unpaired) electrons. The van der Waals surface area contributed by atoms with Crippen LogP contribution >= 0.6 is 39.1 Å². The molecule has 128 valence electrons. The highest BCUT2D eigenvalue weighted by molar-refractivity contribution is 9.10. The van der Waals surface area contributed by atoms with Crippen LogP contribution in [-0.2, 0) is 9.53 Å². The van der Waals surface area contributed by atoms with Crippen LogP contribution in [0.25, 0.3) is 0 Å². The highest BCUT2D eigenvalue weighted by atomic mass is 79.9. The van der Waals surface area contributed by atoms with E-state index in [1.165, 1.54) is 13.3 Å². The van der Waals surface area contributed by atoms with Crippen LogP contribution in [0.15, 0.2) is 34.9 Å². The Balaban J connectivity index is 2.24. The van der Waals surface area contributed by atoms with Gasteiger partial charge in [0.25, 0.3) is 0 Å². The fourth-order valence-electron chi connectivity index (χ4n) is 2.02. The van der Waals surface area contributed by atoms with Gasteiger partial charge in [0.2, 0.25) is 0 Å². The number of halogens is 3. The number of methoxy groups -OCH3 is 1. The highest BCUT2D eigenvalue weighted by Crippen LogP contribution is 2.36. The van der Waals surface area contributed by atoms with Crippen molar-refractivity contribution < 1.29 is 14.3 Å². The summed E-state index contributed by atoms with van der Waals surface area (Å²) in [5, 5.41) is 0.910. The fraction of sp³-hybridized carbons (Fsp3) is 0.250. The van der Waals surface area contributed by atoms with Crippen molar-refractivity contribution in [3.05, 3.63) is 45.0 Å². The summed E-state index contributed by atoms with van der Waals surface area (Å²) >= 11 is 15.6. The first-order valence-corrected chi connectivity index (χ1v) is 8.47. The Kier molecular flexibility index (Phi) is 6.32. The van der Waals surface area contributed by atoms with E-state index < -0.39 is 12.1 Å². The topological polar surface area (TPSA) is 51.7 Å². The van der Waals surface area contributed by atoms with Crippen LogP contribution in [0.3, 0.4) is 0 Å². The molecule has 0 amide bonds. The minimum atomic E-state index is -0.696. The molecular formula is C16H15BrCl2N2O3. The molecule has 2 aromatic rings. The lowest BCUT2D eigenvalue weighted by molar-refractivity contribution is -0.147. The largest absolute Gasteiger partial charge is 0.479 e. The maximum atomic E-state index is 11.4. The van der Waals surface area contributed by atoms with Gasteiger partial charge < -0.3 is 14.4 Å². The van der Waals surface area contributed by atoms with E-state index in [4.69, 9.17) is 27.9 Å². The van der Waals surface area contributed by atoms with E-state index in [0.29, 0.717) is 21.6 Å². The van der Waals surface area contributed by atoms with Crippen LogP contribution in [0, 0.1) is 0 Å². The molecule has 1 atom stereocenters. The quantitative estimate of drug-likeness (QED) is 0.630. The number of nitrogens with zero attached hydrogens (tertiary/aromatic N) is 2. The molecule has 0 saturated heterocycles. The van der Waals surface area contributed by atoms with Gasteiger partial charge in [-0.2, -0.15) is 0 Å². The molecule has 1 unspecified atom stereocenters. The molecule has 0 bridgehead atoms. The van der Waals surface area contributed by atoms with Crippen LogP contribution in [0.1, 0.15) is 6.92 Å². The molecule has 8 heteroatoms. The standard InChI is InChI=1S/C16H15BrCl2N2O3/c1-9(16(22)23-3)24-11-4-5-14(12(17)7-11)21(2)15-13(19)6-10(18)8-20-15/h4-9H,1-3H3. The van der Waals surface area contributed by atoms with Crippen LogP contribution in [-0.4, -0.2) is 31.2 Å². The minimum Gasteiger partial charge on any atom is -0.479 e. The van der Waals surface area contributed by atoms with Gasteiger partial charge in [-0.3, -0.25) is 0 Å². The maximum absolute atomic E-state index is 11.4. The summed E-state index contributed by atoms with van der Waals surface area (Å²) in [4.78, 5) is 17.5. The molecule has 1 heterocycles. The lowest BCUT2D eigenvalue weighted by Crippen LogP contribution is -2.24. The third kappa shape index (κ3) is 4.32. The van der Waals surface area contributed by atoms with Gasteiger partial charge in [-0.25, -0.2) is 9.78 Å². The lowest BCUT2D eigenvalue weighted by Gasteiger charge is -2.22. The number of anilines is 2. The molecule has 0 N–H and O–H groups in total. The number of ether oxygens (including phenoxy) is 2. The summed E-state index contributed by atoms with van der Waals surface area (Å²) in [7, 11) is 3.15. The van der Waals surface area contributed by atoms with Crippen molar-refractivity contribution in [1.29, 1.82) is 0 Å². The Hall–Kier alpha value is -1.50. The molecule has 0 saturated carbocycles. The minimum absolute atomic E-state index is 0.440. The van der Waals surface area contributed by atoms with Crippen molar-refractivity contribution in [2.24, 2.45) is 0 Å². The monoisotopic (exact) mass is 432 g/mol. The van der Waals surface area contributed by atoms with Gasteiger partial charge in [0.1, 0.15) is 5.75 Å². The van der Waals surface area contributed by atoms with Crippen molar-refractivity contribution in [2.75, 3.05) is 19.1 Å². The van der Waals surface area contributed by atoms with Gasteiger partial charge >= 0.3 is 5.97 Å². The average Bonchev–Trinajstić information content (AvgIpc) is 2.53. The number of aromatic nitrogens is 1. The van der Waals surface area contributed by atoms with E-state index in [2.05, 4.69) is 25.7 Å². The second-order valence-corrected chi connectivity index (χ2v) is 6.61. The zero-order valence-corrected chi connectivity index (χ0v) is 16.3. The zero-order valence-electron chi connectivity index (χ0n) is 13.2. The van der Waals surface area contributed by atoms with Gasteiger partial charge in [0.15, 0.2) is 11.9 Å². The summed E-state index contributed by atoms with van der Waals surface area (Å²) in [6.07, 6.45) is 0.834. The average molecular weight is 434 g/mol. The number of pyridine rings is 1. The maximum Gasteiger partial charge on any atom is 0.346 e. The molecule has 5 nitrogen and oxygen atoms in total. The van der Waals surface area contributed by atoms with Crippen molar-refractivity contribution >= 4 is 56.6 Å². The third-order valence-corrected chi connectivity index (χ3v) is 4.35. The third-order valence-electron chi connectivity index (χ3n) is 3.23. The number of carbonyl (C=O) groups excluding carboxylic acids is 1. The van der Waals surface area contributed by atoms with Crippen molar-refractivity contribution in [2.45, 2.75) is 13.0 Å². The van der Waals surface area contributed by atoms with Crippen molar-refractivity contribution in [1.82, 2.24) is 4.98 Å². The number of benzene rings is 1. The predicted octanol–water partition coefficient (Wildman–Crippen LogP) is 4.86. The molecular weight excluding hydrogens is 419 g/mol. The molecule has 0 spiro atoms. The Morgan fingerprint density at radius 3 is 2.62 bits per heavy atom. The smallest absolute Gasteiger partial charge is 0.346 e. The Morgan fingerprint density at radius 2 is 2.04 bits per heavy atom. The summed E-state index contributed by atoms with van der Waals surface area (Å²) in [5.74, 6) is 0.662. The molecule has 1 aromatic carbocycles. The van der Waals surface area contributed by atoms with Gasteiger partial charge in [-0.05, 0) is 47.1 Å². The Labute approximate surface area is 158 Å². The normalized spacial score (nSPS) is 11.8. The van der Waals surface area contributed by atoms with E-state index in [1.807, 2.05) is 18.0 Å². The van der Waals surface area contributed by atoms with Gasteiger partial charge in [-0.1, -0.05) is 23.2 Å². The van der Waals surface area contributed by atoms with Crippen LogP contribution in [0.2, 0.25) is 10.0 Å². The lowest BCUT2D eigenvalue weighted by atomic mass is 10.2. The first-order chi connectivity index (χ1) is 11.3. The molecule has 24 heavy (non-hydrogen) atoms. The van der Waals surface area contributed by atoms with Crippen molar-refractivity contribution in [3.63, 3.8) is 0 Å². The first kappa shape index (κ1) is 18.8. The summed E-state index contributed by atoms with van der Waals surface area (Å²) in [5.41, 5.74) is 0.824. The van der Waals surface area contributed by atoms with Gasteiger partial charge in [-0.15, -0.1) is 0 Å². The molecule has 0 fully saturated rings. The van der Waals surface area contributed by atoms with E-state index in [0.717, 1.165) is 10.2 Å². The molecule has 0 aliphatic heterocycles. The molecule has 0 aliphatic carbocycles. The van der Waals surface area contributed by atoms with E-state index in [1.54, 1.807) is 25.1 Å². The number of esters is 1. The predicted molar refractivity (Wildman–Crippen MR) is 98.6 cm³/mol. The molecule has 1 aromatic heterocycles. The second kappa shape index (κ2) is 8.05. The van der Waals surface area contributed by atoms with E-state index in [-0.39, 0.29) is 0 Å². The number of carbonyl (C=O) groups is 1. The summed E-state index contributed by atoms with van der Waals surface area (Å²) in [6, 6.07) is 6.97. The highest BCUT2D eigenvalue weighted by Gasteiger charge is 2.17. The van der Waals surface area contributed by atoms with Crippen LogP contribution < -0.4 is 9.64 Å². The SMILES string of the molecule is COC(=O)C(C)Oc1ccc(N(C)c2ncc(Cl)cc2Cl)c(Br)c1. The Morgan fingerprint density at radius 1 is 1.33 bits per heavy atom. The Bertz CT molecular complexity index is 758. The van der Waals surface area contributed by atoms with E-state index in [9.17, 15) is 4.79 Å². The van der Waals surface area contributed by atoms with Crippen LogP contribution in [0.4, 0.5) is 11.5 Å². The zero-order chi connectivity index (χ0) is 17.9. The van der Waals surface area contributed by atoms with Crippen LogP contribution in [0.5, 0.6) is 5.75 Å². The molecule has 2 rings (SSSR count). The van der Waals surface area contributed by atoms with Gasteiger partial charge in [0.05, 0.1) is 22.8 Å². The summed E-state index contributed by atoms with van der Waals surface area (Å²) < 4.78 is 10.9. The first-order valence-electron chi connectivity index (χ1n) is 6.92. The number of rotatable bonds is 5. The molecule has 0 aliphatic rings. The number of hydrogen-bond acceptors (Lipinski definition) is 5. The van der Waals surface area contributed by atoms with Gasteiger partial charge in [0, 0.05) is 17.7 Å². The van der Waals surface area contributed by atoms with E-state index >= 15 is 0 Å². The second-order valence-electron chi connectivity index (χ2n) is 4.91. The number of hydrogen-bond donors (Lipinski definition) is 0. The summed E-state index contributed by atoms with van der Waals surface area (Å²) in [6.45, 7) is 1.62. The fourth-order valence-corrected chi connectivity index (χ4v) is 3.15. The van der Waals surface area contributed by atoms with Crippen molar-refractivity contribution in [3.8, 4) is 5.75 Å².